The number of ketones is 1. The normalized spacial score (nSPS) is 10.8. The Morgan fingerprint density at radius 1 is 1.10 bits per heavy atom. The van der Waals surface area contributed by atoms with Gasteiger partial charge in [0.2, 0.25) is 0 Å². The van der Waals surface area contributed by atoms with E-state index in [0.717, 1.165) is 0 Å². The van der Waals surface area contributed by atoms with Gasteiger partial charge in [-0.15, -0.1) is 0 Å². The van der Waals surface area contributed by atoms with E-state index in [0.29, 0.717) is 55.4 Å². The quantitative estimate of drug-likeness (QED) is 0.250. The van der Waals surface area contributed by atoms with E-state index in [1.807, 2.05) is 6.92 Å². The van der Waals surface area contributed by atoms with Crippen molar-refractivity contribution < 1.29 is 33.4 Å². The molecule has 0 amide bonds. The van der Waals surface area contributed by atoms with Gasteiger partial charge in [-0.25, -0.2) is 0 Å². The van der Waals surface area contributed by atoms with Crippen LogP contribution in [-0.2, 0) is 16.0 Å². The summed E-state index contributed by atoms with van der Waals surface area (Å²) in [7, 11) is 3.29. The minimum atomic E-state index is -0.576. The largest absolute Gasteiger partial charge is 0.505 e. The number of carbonyl (C=O) groups excluding carboxylic acids is 3. The molecule has 0 bridgehead atoms. The number of hydrogen-bond acceptors (Lipinski definition) is 7. The first-order valence-corrected chi connectivity index (χ1v) is 10.3. The second-order valence-corrected chi connectivity index (χ2v) is 7.90. The summed E-state index contributed by atoms with van der Waals surface area (Å²) >= 11 is 3.32. The Hall–Kier alpha value is -3.00. The number of ether oxygens (including phenoxy) is 2. The molecule has 0 saturated heterocycles. The molecule has 0 aliphatic carbocycles. The summed E-state index contributed by atoms with van der Waals surface area (Å²) < 4.78 is 16.7. The molecule has 3 aromatic rings. The molecule has 0 aliphatic rings. The van der Waals surface area contributed by atoms with E-state index in [1.165, 1.54) is 19.9 Å². The Balaban J connectivity index is 2.22. The topological polar surface area (TPSA) is 103 Å². The molecule has 0 fully saturated rings. The van der Waals surface area contributed by atoms with Crippen LogP contribution >= 0.6 is 15.9 Å². The SMILES string of the molecule is Bc1c(OC(C)=O)c(O)c(B)c2c(C(=O)c3ccc(OC(C)=O)c(Br)c3)c(CC)oc12. The number of esters is 2. The lowest BCUT2D eigenvalue weighted by molar-refractivity contribution is -0.132. The van der Waals surface area contributed by atoms with Crippen molar-refractivity contribution in [1.29, 1.82) is 0 Å². The van der Waals surface area contributed by atoms with Crippen molar-refractivity contribution in [2.75, 3.05) is 0 Å². The van der Waals surface area contributed by atoms with Crippen LogP contribution in [0.15, 0.2) is 27.1 Å². The van der Waals surface area contributed by atoms with E-state index in [9.17, 15) is 19.5 Å². The average Bonchev–Trinajstić information content (AvgIpc) is 3.10. The van der Waals surface area contributed by atoms with Crippen molar-refractivity contribution in [2.45, 2.75) is 27.2 Å². The molecule has 7 nitrogen and oxygen atoms in total. The van der Waals surface area contributed by atoms with Gasteiger partial charge in [-0.3, -0.25) is 14.4 Å². The van der Waals surface area contributed by atoms with Gasteiger partial charge in [0.25, 0.3) is 0 Å². The number of fused-ring (bicyclic) bond motifs is 1. The zero-order valence-corrected chi connectivity index (χ0v) is 19.3. The number of furan rings is 1. The van der Waals surface area contributed by atoms with Crippen LogP contribution in [0.5, 0.6) is 17.2 Å². The fraction of sp³-hybridized carbons (Fsp3) is 0.190. The third-order valence-corrected chi connectivity index (χ3v) is 5.47. The van der Waals surface area contributed by atoms with Crippen molar-refractivity contribution in [3.05, 3.63) is 39.6 Å². The summed E-state index contributed by atoms with van der Waals surface area (Å²) in [6.07, 6.45) is 0.436. The third-order valence-electron chi connectivity index (χ3n) is 4.85. The molecule has 0 aliphatic heterocycles. The van der Waals surface area contributed by atoms with Gasteiger partial charge in [-0.05, 0) is 45.1 Å². The number of carbonyl (C=O) groups is 3. The van der Waals surface area contributed by atoms with Gasteiger partial charge in [-0.2, -0.15) is 0 Å². The molecule has 1 aromatic heterocycles. The monoisotopic (exact) mass is 484 g/mol. The van der Waals surface area contributed by atoms with Crippen molar-refractivity contribution in [3.8, 4) is 17.2 Å². The number of rotatable bonds is 5. The molecule has 3 rings (SSSR count). The molecule has 0 saturated carbocycles. The van der Waals surface area contributed by atoms with Crippen LogP contribution in [0.3, 0.4) is 0 Å². The van der Waals surface area contributed by atoms with Gasteiger partial charge < -0.3 is 19.0 Å². The van der Waals surface area contributed by atoms with Crippen molar-refractivity contribution in [3.63, 3.8) is 0 Å². The van der Waals surface area contributed by atoms with Crippen LogP contribution in [0.25, 0.3) is 11.0 Å². The van der Waals surface area contributed by atoms with Crippen LogP contribution in [-0.4, -0.2) is 38.5 Å². The maximum atomic E-state index is 13.5. The van der Waals surface area contributed by atoms with Gasteiger partial charge in [-0.1, -0.05) is 6.92 Å². The van der Waals surface area contributed by atoms with Crippen LogP contribution in [0.2, 0.25) is 0 Å². The molecule has 158 valence electrons. The van der Waals surface area contributed by atoms with Crippen LogP contribution < -0.4 is 20.4 Å². The number of phenols is 1. The van der Waals surface area contributed by atoms with Crippen LogP contribution in [0.1, 0.15) is 42.5 Å². The zero-order chi connectivity index (χ0) is 23.0. The first kappa shape index (κ1) is 22.7. The minimum absolute atomic E-state index is 0.0152. The highest BCUT2D eigenvalue weighted by atomic mass is 79.9. The smallest absolute Gasteiger partial charge is 0.308 e. The first-order chi connectivity index (χ1) is 14.6. The van der Waals surface area contributed by atoms with E-state index < -0.39 is 11.9 Å². The molecule has 1 N–H and O–H groups in total. The Labute approximate surface area is 188 Å². The van der Waals surface area contributed by atoms with Crippen molar-refractivity contribution >= 4 is 71.2 Å². The van der Waals surface area contributed by atoms with Gasteiger partial charge in [0, 0.05) is 31.2 Å². The third kappa shape index (κ3) is 4.12. The maximum absolute atomic E-state index is 13.5. The minimum Gasteiger partial charge on any atom is -0.505 e. The lowest BCUT2D eigenvalue weighted by Crippen LogP contribution is -2.20. The average molecular weight is 485 g/mol. The number of aryl methyl sites for hydroxylation is 1. The molecule has 0 unspecified atom stereocenters. The van der Waals surface area contributed by atoms with Gasteiger partial charge >= 0.3 is 11.9 Å². The highest BCUT2D eigenvalue weighted by Gasteiger charge is 2.28. The standard InChI is InChI=1S/C21H19B2BrO7/c1-4-12-14(18(27)10-5-6-13(11(24)7-10)29-8(2)25)15-16(22)19(28)21(30-9(3)26)17(23)20(15)31-12/h5-7,28H,4,22-23H2,1-3H3. The summed E-state index contributed by atoms with van der Waals surface area (Å²) in [6, 6.07) is 4.65. The first-order valence-electron chi connectivity index (χ1n) is 9.55. The number of aromatic hydroxyl groups is 1. The molecular formula is C21H19B2BrO7. The lowest BCUT2D eigenvalue weighted by Gasteiger charge is -2.12. The molecule has 10 heteroatoms. The van der Waals surface area contributed by atoms with Crippen LogP contribution in [0.4, 0.5) is 0 Å². The second-order valence-electron chi connectivity index (χ2n) is 7.05. The second kappa shape index (κ2) is 8.63. The van der Waals surface area contributed by atoms with E-state index in [2.05, 4.69) is 15.9 Å². The summed E-state index contributed by atoms with van der Waals surface area (Å²) in [4.78, 5) is 36.1. The number of phenolic OH excluding ortho intramolecular Hbond substituents is 1. The molecule has 0 atom stereocenters. The molecule has 0 radical (unpaired) electrons. The Morgan fingerprint density at radius 3 is 2.29 bits per heavy atom. The predicted molar refractivity (Wildman–Crippen MR) is 124 cm³/mol. The zero-order valence-electron chi connectivity index (χ0n) is 17.7. The van der Waals surface area contributed by atoms with Crippen LogP contribution in [0, 0.1) is 0 Å². The van der Waals surface area contributed by atoms with E-state index >= 15 is 0 Å². The summed E-state index contributed by atoms with van der Waals surface area (Å²) in [5.74, 6) is -0.816. The summed E-state index contributed by atoms with van der Waals surface area (Å²) in [5.41, 5.74) is 1.85. The fourth-order valence-electron chi connectivity index (χ4n) is 3.45. The number of benzene rings is 2. The van der Waals surface area contributed by atoms with E-state index in [-0.39, 0.29) is 17.3 Å². The van der Waals surface area contributed by atoms with Gasteiger partial charge in [0.05, 0.1) is 10.0 Å². The van der Waals surface area contributed by atoms with Crippen molar-refractivity contribution in [1.82, 2.24) is 0 Å². The summed E-state index contributed by atoms with van der Waals surface area (Å²) in [5, 5.41) is 11.1. The predicted octanol–water partition coefficient (Wildman–Crippen LogP) is 1.06. The Bertz CT molecular complexity index is 1250. The Morgan fingerprint density at radius 2 is 1.74 bits per heavy atom. The number of hydrogen-bond donors (Lipinski definition) is 1. The van der Waals surface area contributed by atoms with Gasteiger partial charge in [0.15, 0.2) is 17.3 Å². The van der Waals surface area contributed by atoms with E-state index in [1.54, 1.807) is 27.8 Å². The molecule has 1 heterocycles. The molecule has 2 aromatic carbocycles. The Kier molecular flexibility index (Phi) is 6.31. The maximum Gasteiger partial charge on any atom is 0.308 e. The summed E-state index contributed by atoms with van der Waals surface area (Å²) in [6.45, 7) is 4.38. The fourth-order valence-corrected chi connectivity index (χ4v) is 3.91. The highest BCUT2D eigenvalue weighted by Crippen LogP contribution is 2.34. The highest BCUT2D eigenvalue weighted by molar-refractivity contribution is 9.10. The van der Waals surface area contributed by atoms with E-state index in [4.69, 9.17) is 13.9 Å². The van der Waals surface area contributed by atoms with Crippen molar-refractivity contribution in [2.24, 2.45) is 0 Å². The lowest BCUT2D eigenvalue weighted by atomic mass is 9.81. The molecular weight excluding hydrogens is 466 g/mol. The molecule has 31 heavy (non-hydrogen) atoms. The number of halogens is 1. The van der Waals surface area contributed by atoms with Gasteiger partial charge in [0.1, 0.15) is 32.8 Å². The molecule has 0 spiro atoms.